The molecule has 1 amide bonds. The molecule has 2 heterocycles. The van der Waals surface area contributed by atoms with Gasteiger partial charge in [-0.25, -0.2) is 0 Å². The fourth-order valence-corrected chi connectivity index (χ4v) is 3.52. The van der Waals surface area contributed by atoms with Gasteiger partial charge in [-0.15, -0.1) is 0 Å². The molecule has 4 rings (SSSR count). The highest BCUT2D eigenvalue weighted by Crippen LogP contribution is 2.34. The van der Waals surface area contributed by atoms with Gasteiger partial charge in [-0.1, -0.05) is 23.4 Å². The van der Waals surface area contributed by atoms with Crippen LogP contribution in [0.4, 0.5) is 0 Å². The first kappa shape index (κ1) is 18.2. The van der Waals surface area contributed by atoms with E-state index in [2.05, 4.69) is 42.2 Å². The van der Waals surface area contributed by atoms with Crippen molar-refractivity contribution in [3.05, 3.63) is 65.0 Å². The SMILES string of the molecule is COc1ccc(-c2noc(C3CCC(=O)N3Cc3ccc(C)c(C)c3)n2)cc1. The Morgan fingerprint density at radius 3 is 2.64 bits per heavy atom. The van der Waals surface area contributed by atoms with E-state index in [0.29, 0.717) is 31.1 Å². The van der Waals surface area contributed by atoms with Crippen molar-refractivity contribution in [2.45, 2.75) is 39.3 Å². The molecule has 0 aliphatic carbocycles. The van der Waals surface area contributed by atoms with E-state index < -0.39 is 0 Å². The van der Waals surface area contributed by atoms with Crippen molar-refractivity contribution in [2.24, 2.45) is 0 Å². The van der Waals surface area contributed by atoms with Crippen molar-refractivity contribution in [3.8, 4) is 17.1 Å². The summed E-state index contributed by atoms with van der Waals surface area (Å²) in [5.74, 6) is 1.89. The van der Waals surface area contributed by atoms with Gasteiger partial charge in [0, 0.05) is 18.5 Å². The summed E-state index contributed by atoms with van der Waals surface area (Å²) in [5, 5.41) is 4.11. The summed E-state index contributed by atoms with van der Waals surface area (Å²) in [7, 11) is 1.63. The van der Waals surface area contributed by atoms with Crippen molar-refractivity contribution in [3.63, 3.8) is 0 Å². The molecule has 1 aromatic heterocycles. The van der Waals surface area contributed by atoms with Crippen LogP contribution in [0.3, 0.4) is 0 Å². The average molecular weight is 377 g/mol. The van der Waals surface area contributed by atoms with Gasteiger partial charge in [0.15, 0.2) is 0 Å². The van der Waals surface area contributed by atoms with E-state index in [0.717, 1.165) is 16.9 Å². The number of hydrogen-bond acceptors (Lipinski definition) is 5. The fraction of sp³-hybridized carbons (Fsp3) is 0.318. The number of carbonyl (C=O) groups excluding carboxylic acids is 1. The maximum absolute atomic E-state index is 12.5. The molecule has 1 unspecified atom stereocenters. The maximum Gasteiger partial charge on any atom is 0.249 e. The summed E-state index contributed by atoms with van der Waals surface area (Å²) in [4.78, 5) is 18.9. The van der Waals surface area contributed by atoms with E-state index in [1.807, 2.05) is 29.2 Å². The number of carbonyl (C=O) groups is 1. The lowest BCUT2D eigenvalue weighted by Gasteiger charge is -2.22. The molecule has 0 radical (unpaired) electrons. The Morgan fingerprint density at radius 1 is 1.14 bits per heavy atom. The van der Waals surface area contributed by atoms with Crippen LogP contribution in [-0.2, 0) is 11.3 Å². The monoisotopic (exact) mass is 377 g/mol. The Morgan fingerprint density at radius 2 is 1.93 bits per heavy atom. The lowest BCUT2D eigenvalue weighted by molar-refractivity contribution is -0.129. The smallest absolute Gasteiger partial charge is 0.249 e. The molecule has 0 N–H and O–H groups in total. The molecule has 28 heavy (non-hydrogen) atoms. The molecule has 6 heteroatoms. The first-order valence-corrected chi connectivity index (χ1v) is 9.39. The van der Waals surface area contributed by atoms with Crippen LogP contribution in [0.5, 0.6) is 5.75 Å². The number of ether oxygens (including phenoxy) is 1. The Hall–Kier alpha value is -3.15. The highest BCUT2D eigenvalue weighted by atomic mass is 16.5. The number of amides is 1. The molecule has 1 fully saturated rings. The zero-order chi connectivity index (χ0) is 19.7. The van der Waals surface area contributed by atoms with E-state index in [-0.39, 0.29) is 11.9 Å². The van der Waals surface area contributed by atoms with Crippen LogP contribution < -0.4 is 4.74 Å². The minimum atomic E-state index is -0.186. The molecular weight excluding hydrogens is 354 g/mol. The van der Waals surface area contributed by atoms with Crippen LogP contribution in [0.15, 0.2) is 47.0 Å². The average Bonchev–Trinajstić information content (AvgIpc) is 3.32. The predicted molar refractivity (Wildman–Crippen MR) is 105 cm³/mol. The summed E-state index contributed by atoms with van der Waals surface area (Å²) in [6, 6.07) is 13.6. The van der Waals surface area contributed by atoms with E-state index in [9.17, 15) is 4.79 Å². The van der Waals surface area contributed by atoms with Gasteiger partial charge in [-0.2, -0.15) is 4.98 Å². The minimum Gasteiger partial charge on any atom is -0.497 e. The normalized spacial score (nSPS) is 16.6. The second-order valence-electron chi connectivity index (χ2n) is 7.18. The number of hydrogen-bond donors (Lipinski definition) is 0. The molecule has 0 saturated carbocycles. The molecular formula is C22H23N3O3. The molecule has 1 atom stereocenters. The molecule has 2 aromatic carbocycles. The van der Waals surface area contributed by atoms with Gasteiger partial charge in [0.05, 0.1) is 7.11 Å². The van der Waals surface area contributed by atoms with E-state index in [4.69, 9.17) is 9.26 Å². The summed E-state index contributed by atoms with van der Waals surface area (Å²) >= 11 is 0. The fourth-order valence-electron chi connectivity index (χ4n) is 3.52. The molecule has 0 bridgehead atoms. The predicted octanol–water partition coefficient (Wildman–Crippen LogP) is 4.23. The van der Waals surface area contributed by atoms with Gasteiger partial charge < -0.3 is 14.2 Å². The van der Waals surface area contributed by atoms with E-state index >= 15 is 0 Å². The highest BCUT2D eigenvalue weighted by Gasteiger charge is 2.36. The van der Waals surface area contributed by atoms with Crippen LogP contribution in [0.2, 0.25) is 0 Å². The highest BCUT2D eigenvalue weighted by molar-refractivity contribution is 5.78. The molecule has 1 aliphatic heterocycles. The zero-order valence-corrected chi connectivity index (χ0v) is 16.3. The van der Waals surface area contributed by atoms with Crippen molar-refractivity contribution in [1.29, 1.82) is 0 Å². The standard InChI is InChI=1S/C22H23N3O3/c1-14-4-5-16(12-15(14)2)13-25-19(10-11-20(25)26)22-23-21(24-28-22)17-6-8-18(27-3)9-7-17/h4-9,12,19H,10-11,13H2,1-3H3. The number of aromatic nitrogens is 2. The van der Waals surface area contributed by atoms with Crippen molar-refractivity contribution >= 4 is 5.91 Å². The first-order chi connectivity index (χ1) is 13.5. The van der Waals surface area contributed by atoms with Crippen LogP contribution in [0.25, 0.3) is 11.4 Å². The topological polar surface area (TPSA) is 68.5 Å². The quantitative estimate of drug-likeness (QED) is 0.666. The molecule has 3 aromatic rings. The second kappa shape index (κ2) is 7.46. The van der Waals surface area contributed by atoms with Crippen molar-refractivity contribution in [2.75, 3.05) is 7.11 Å². The van der Waals surface area contributed by atoms with Gasteiger partial charge in [-0.05, 0) is 61.2 Å². The Labute approximate surface area is 164 Å². The number of likely N-dealkylation sites (tertiary alicyclic amines) is 1. The summed E-state index contributed by atoms with van der Waals surface area (Å²) in [5.41, 5.74) is 4.42. The van der Waals surface area contributed by atoms with E-state index in [1.165, 1.54) is 11.1 Å². The lowest BCUT2D eigenvalue weighted by Crippen LogP contribution is -2.27. The third-order valence-corrected chi connectivity index (χ3v) is 5.33. The van der Waals surface area contributed by atoms with Crippen LogP contribution in [-0.4, -0.2) is 28.1 Å². The molecule has 0 spiro atoms. The Balaban J connectivity index is 1.56. The minimum absolute atomic E-state index is 0.118. The van der Waals surface area contributed by atoms with Gasteiger partial charge in [-0.3, -0.25) is 4.79 Å². The number of aryl methyl sites for hydroxylation is 2. The molecule has 1 saturated heterocycles. The van der Waals surface area contributed by atoms with E-state index in [1.54, 1.807) is 7.11 Å². The Kier molecular flexibility index (Phi) is 4.86. The van der Waals surface area contributed by atoms with Crippen molar-refractivity contribution in [1.82, 2.24) is 15.0 Å². The van der Waals surface area contributed by atoms with Gasteiger partial charge in [0.2, 0.25) is 17.6 Å². The second-order valence-corrected chi connectivity index (χ2v) is 7.18. The molecule has 144 valence electrons. The summed E-state index contributed by atoms with van der Waals surface area (Å²) in [6.45, 7) is 4.72. The molecule has 6 nitrogen and oxygen atoms in total. The number of nitrogens with zero attached hydrogens (tertiary/aromatic N) is 3. The van der Waals surface area contributed by atoms with Crippen molar-refractivity contribution < 1.29 is 14.1 Å². The largest absolute Gasteiger partial charge is 0.497 e. The van der Waals surface area contributed by atoms with Crippen LogP contribution in [0.1, 0.15) is 41.5 Å². The van der Waals surface area contributed by atoms with Crippen LogP contribution >= 0.6 is 0 Å². The van der Waals surface area contributed by atoms with Gasteiger partial charge >= 0.3 is 0 Å². The third-order valence-electron chi connectivity index (χ3n) is 5.33. The molecule has 1 aliphatic rings. The Bertz CT molecular complexity index is 995. The number of rotatable bonds is 5. The zero-order valence-electron chi connectivity index (χ0n) is 16.3. The van der Waals surface area contributed by atoms with Crippen LogP contribution in [0, 0.1) is 13.8 Å². The lowest BCUT2D eigenvalue weighted by atomic mass is 10.1. The maximum atomic E-state index is 12.5. The number of benzene rings is 2. The summed E-state index contributed by atoms with van der Waals surface area (Å²) in [6.07, 6.45) is 1.18. The van der Waals surface area contributed by atoms with Gasteiger partial charge in [0.25, 0.3) is 0 Å². The third kappa shape index (κ3) is 3.50. The van der Waals surface area contributed by atoms with Gasteiger partial charge in [0.1, 0.15) is 11.8 Å². The number of methoxy groups -OCH3 is 1. The first-order valence-electron chi connectivity index (χ1n) is 9.39. The summed E-state index contributed by atoms with van der Waals surface area (Å²) < 4.78 is 10.7.